The standard InChI is InChI=1S/C44H50Cl2N4O12.C25H32N4O5.C13H12Cl2O4/c1-10-22(4)39(52)29-14-16-34(38(46)37(29)45)58-21-35(51)59-25(7)42(55)60-26(8)43(56)61-27(9)44(57)62-28-13-15-32-30(19-28)31(40(53)49-32)20-33-23(5)36(24(6)48-33)41(54)47-17-18-50(11-2)12-3;1-6-29(7-2)11-10-26-24(32)22-14(3)21(27-15(22)4)13-19-18-12-17(34-25(33)16(5)30)8-9-20(18)28-23(19)31;1-3-7(2)13(18)8-4-5-9(12(15)11(8)14)19-6-10(16)17/h13-16,19-20,25-27,48H,4,10-12,17-18,21H2,1-3,5-9H3,(H,47,54)(H,49,53);8-9,12-13,16,27,30H,6-7,10-11H2,1-5H3,(H,26,32)(H,28,31);4-5H,2-3,6H2,1H3,(H,16,17)/b31-20-;19-13+;/t25-,26-,27-;16-;/m00./s1. The zero-order valence-electron chi connectivity index (χ0n) is 66.2. The van der Waals surface area contributed by atoms with Gasteiger partial charge in [-0.15, -0.1) is 0 Å². The molecule has 0 saturated carbocycles. The number of aromatic amines is 2. The number of carboxylic acids is 1. The number of aryl methyl sites for hydroxylation is 2. The van der Waals surface area contributed by atoms with Crippen LogP contribution in [0.4, 0.5) is 11.4 Å². The summed E-state index contributed by atoms with van der Waals surface area (Å²) in [5.41, 5.74) is 8.74. The summed E-state index contributed by atoms with van der Waals surface area (Å²) >= 11 is 24.4. The van der Waals surface area contributed by atoms with E-state index < -0.39 is 79.4 Å². The summed E-state index contributed by atoms with van der Waals surface area (Å²) in [6.07, 6.45) is -1.50. The molecule has 8 N–H and O–H groups in total. The fraction of sp³-hybridized carbons (Fsp3) is 0.366. The van der Waals surface area contributed by atoms with Gasteiger partial charge in [0, 0.05) is 82.6 Å². The molecule has 4 amide bonds. The van der Waals surface area contributed by atoms with E-state index in [1.165, 1.54) is 64.1 Å². The van der Waals surface area contributed by atoms with Crippen LogP contribution in [0.2, 0.25) is 20.1 Å². The highest BCUT2D eigenvalue weighted by Gasteiger charge is 2.33. The van der Waals surface area contributed by atoms with Crippen LogP contribution in [0, 0.1) is 27.7 Å². The van der Waals surface area contributed by atoms with Gasteiger partial charge >= 0.3 is 35.8 Å². The minimum Gasteiger partial charge on any atom is -0.480 e. The molecule has 0 spiro atoms. The lowest BCUT2D eigenvalue weighted by Crippen LogP contribution is -2.37. The molecule has 0 saturated heterocycles. The first-order chi connectivity index (χ1) is 54.3. The van der Waals surface area contributed by atoms with E-state index in [9.17, 15) is 62.6 Å². The van der Waals surface area contributed by atoms with E-state index in [0.717, 1.165) is 38.3 Å². The first-order valence-corrected chi connectivity index (χ1v) is 38.2. The van der Waals surface area contributed by atoms with Crippen molar-refractivity contribution in [1.29, 1.82) is 0 Å². The lowest BCUT2D eigenvalue weighted by molar-refractivity contribution is -0.181. The number of nitrogens with one attached hydrogen (secondary N) is 6. The molecule has 2 aliphatic rings. The predicted molar refractivity (Wildman–Crippen MR) is 435 cm³/mol. The number of carbonyl (C=O) groups excluding carboxylic acids is 11. The highest BCUT2D eigenvalue weighted by molar-refractivity contribution is 6.46. The molecule has 0 bridgehead atoms. The van der Waals surface area contributed by atoms with Crippen molar-refractivity contribution >= 4 is 152 Å². The SMILES string of the molecule is C=C(CC)C(=O)c1ccc(OCC(=O)O)c(Cl)c1Cl.C=C(CC)C(=O)c1ccc(OCC(=O)O[C@@H](C)C(=O)O[C@@H](C)C(=O)O[C@@H](C)C(=O)Oc2ccc3c(c2)/C(=C/c2[nH]c(C)c(C(=O)NCCN(CC)CC)c2C)C(=O)N3)c(Cl)c1Cl.CCN(CC)CCNC(=O)c1c(C)[nH]c(/C=C2/C(=O)Nc3ccc(OC(=O)[C@H](C)O)cc32)c1C. The van der Waals surface area contributed by atoms with E-state index in [-0.39, 0.29) is 89.1 Å². The second-order valence-electron chi connectivity index (χ2n) is 26.2. The lowest BCUT2D eigenvalue weighted by Gasteiger charge is -2.18. The van der Waals surface area contributed by atoms with Crippen LogP contribution in [0.25, 0.3) is 23.3 Å². The molecule has 0 aliphatic carbocycles. The molecule has 0 radical (unpaired) electrons. The summed E-state index contributed by atoms with van der Waals surface area (Å²) in [7, 11) is 0. The molecule has 6 aromatic rings. The molecule has 2 aromatic heterocycles. The Bertz CT molecular complexity index is 4820. The van der Waals surface area contributed by atoms with E-state index in [0.29, 0.717) is 111 Å². The maximum atomic E-state index is 13.1. The van der Waals surface area contributed by atoms with Gasteiger partial charge in [-0.2, -0.15) is 0 Å². The number of ketones is 2. The minimum atomic E-state index is -1.52. The molecule has 4 heterocycles. The van der Waals surface area contributed by atoms with E-state index >= 15 is 0 Å². The fourth-order valence-electron chi connectivity index (χ4n) is 11.4. The summed E-state index contributed by atoms with van der Waals surface area (Å²) in [4.78, 5) is 160. The Morgan fingerprint density at radius 3 is 1.26 bits per heavy atom. The number of carboxylic acid groups (broad SMARTS) is 1. The number of halogens is 4. The molecule has 33 heteroatoms. The number of fused-ring (bicyclic) bond motifs is 2. The van der Waals surface area contributed by atoms with E-state index in [1.54, 1.807) is 64.1 Å². The van der Waals surface area contributed by atoms with Gasteiger partial charge in [0.1, 0.15) is 39.1 Å². The van der Waals surface area contributed by atoms with Crippen molar-refractivity contribution in [2.75, 3.05) is 76.2 Å². The van der Waals surface area contributed by atoms with Crippen molar-refractivity contribution in [2.24, 2.45) is 0 Å². The highest BCUT2D eigenvalue weighted by atomic mass is 35.5. The number of hydrogen-bond donors (Lipinski definition) is 8. The van der Waals surface area contributed by atoms with Crippen LogP contribution in [0.3, 0.4) is 0 Å². The van der Waals surface area contributed by atoms with Crippen LogP contribution in [-0.4, -0.2) is 191 Å². The predicted octanol–water partition coefficient (Wildman–Crippen LogP) is 12.5. The average Bonchev–Trinajstić information content (AvgIpc) is 1.61. The summed E-state index contributed by atoms with van der Waals surface area (Å²) in [5.74, 6) is -7.49. The van der Waals surface area contributed by atoms with E-state index in [2.05, 4.69) is 81.9 Å². The van der Waals surface area contributed by atoms with Gasteiger partial charge < -0.3 is 84.4 Å². The number of Topliss-reactive ketones (excluding diaryl/α,β-unsaturated/α-hetero) is 2. The van der Waals surface area contributed by atoms with Crippen molar-refractivity contribution in [2.45, 2.75) is 134 Å². The zero-order valence-corrected chi connectivity index (χ0v) is 69.2. The van der Waals surface area contributed by atoms with Crippen molar-refractivity contribution in [3.05, 3.63) is 172 Å². The van der Waals surface area contributed by atoms with Crippen molar-refractivity contribution < 1.29 is 101 Å². The number of amides is 4. The number of likely N-dealkylation sites (N-methyl/N-ethyl adjacent to an activating group) is 2. The van der Waals surface area contributed by atoms with Gasteiger partial charge in [0.15, 0.2) is 43.1 Å². The van der Waals surface area contributed by atoms with Gasteiger partial charge in [-0.3, -0.25) is 28.8 Å². The Morgan fingerprint density at radius 2 is 0.887 bits per heavy atom. The van der Waals surface area contributed by atoms with Gasteiger partial charge in [0.25, 0.3) is 23.6 Å². The molecule has 616 valence electrons. The van der Waals surface area contributed by atoms with Crippen LogP contribution in [0.15, 0.2) is 85.0 Å². The quantitative estimate of drug-likeness (QED) is 0.00602. The molecule has 0 unspecified atom stereocenters. The number of ether oxygens (including phenoxy) is 7. The topological polar surface area (TPSA) is 396 Å². The molecule has 8 rings (SSSR count). The normalized spacial score (nSPS) is 13.6. The lowest BCUT2D eigenvalue weighted by atomic mass is 10.0. The Hall–Kier alpha value is -10.9. The number of aliphatic hydroxyl groups is 1. The summed E-state index contributed by atoms with van der Waals surface area (Å²) < 4.78 is 36.3. The number of esters is 5. The third-order valence-electron chi connectivity index (χ3n) is 18.2. The van der Waals surface area contributed by atoms with Gasteiger partial charge in [-0.05, 0) is 189 Å². The van der Waals surface area contributed by atoms with Gasteiger partial charge in [-0.25, -0.2) is 28.8 Å². The molecule has 4 atom stereocenters. The fourth-order valence-corrected chi connectivity index (χ4v) is 12.3. The molecule has 4 aromatic carbocycles. The van der Waals surface area contributed by atoms with Crippen molar-refractivity contribution in [3.63, 3.8) is 0 Å². The number of aliphatic hydroxyl groups excluding tert-OH is 1. The number of H-pyrrole nitrogens is 2. The van der Waals surface area contributed by atoms with E-state index in [1.807, 2.05) is 13.8 Å². The zero-order chi connectivity index (χ0) is 85.6. The maximum Gasteiger partial charge on any atom is 0.352 e. The van der Waals surface area contributed by atoms with Crippen LogP contribution in [-0.2, 0) is 52.6 Å². The smallest absolute Gasteiger partial charge is 0.352 e. The highest BCUT2D eigenvalue weighted by Crippen LogP contribution is 2.41. The number of aliphatic carboxylic acids is 1. The maximum absolute atomic E-state index is 13.1. The Labute approximate surface area is 685 Å². The number of benzene rings is 4. The van der Waals surface area contributed by atoms with Gasteiger partial charge in [0.2, 0.25) is 0 Å². The number of anilines is 2. The molecular weight excluding hydrogens is 1570 g/mol. The molecule has 0 fully saturated rings. The summed E-state index contributed by atoms with van der Waals surface area (Å²) in [5, 5.41) is 29.2. The van der Waals surface area contributed by atoms with Crippen molar-refractivity contribution in [3.8, 4) is 23.0 Å². The average molecular weight is 1670 g/mol. The number of allylic oxidation sites excluding steroid dienone is 2. The van der Waals surface area contributed by atoms with Crippen molar-refractivity contribution in [1.82, 2.24) is 30.4 Å². The number of aromatic nitrogens is 2. The number of nitrogens with zero attached hydrogens (tertiary/aromatic N) is 2. The number of carbonyl (C=O) groups is 12. The molecule has 29 nitrogen and oxygen atoms in total. The second kappa shape index (κ2) is 43.0. The minimum absolute atomic E-state index is 0.0117. The van der Waals surface area contributed by atoms with Crippen LogP contribution >= 0.6 is 46.4 Å². The van der Waals surface area contributed by atoms with Gasteiger partial charge in [0.05, 0.1) is 32.3 Å². The molecule has 2 aliphatic heterocycles. The summed E-state index contributed by atoms with van der Waals surface area (Å²) in [6.45, 7) is 36.3. The molecular formula is C82H94Cl4N8O21. The monoisotopic (exact) mass is 1670 g/mol. The molecule has 115 heavy (non-hydrogen) atoms. The summed E-state index contributed by atoms with van der Waals surface area (Å²) in [6, 6.07) is 14.8. The number of hydrogen-bond acceptors (Lipinski definition) is 22. The third-order valence-corrected chi connectivity index (χ3v) is 19.9. The van der Waals surface area contributed by atoms with Crippen LogP contribution in [0.5, 0.6) is 23.0 Å². The second-order valence-corrected chi connectivity index (χ2v) is 27.7. The Balaban J connectivity index is 0.000000320. The number of rotatable bonds is 35. The largest absolute Gasteiger partial charge is 0.480 e. The third kappa shape index (κ3) is 24.6. The first kappa shape index (κ1) is 92.9. The first-order valence-electron chi connectivity index (χ1n) is 36.7. The van der Waals surface area contributed by atoms with Crippen LogP contribution in [0.1, 0.15) is 169 Å². The Morgan fingerprint density at radius 1 is 0.513 bits per heavy atom. The van der Waals surface area contributed by atoms with Gasteiger partial charge in [-0.1, -0.05) is 101 Å². The van der Waals surface area contributed by atoms with Crippen LogP contribution < -0.4 is 40.2 Å². The Kier molecular flexibility index (Phi) is 34.7. The van der Waals surface area contributed by atoms with E-state index in [4.69, 9.17) is 84.7 Å².